The highest BCUT2D eigenvalue weighted by atomic mass is 35.5. The van der Waals surface area contributed by atoms with Crippen LogP contribution < -0.4 is 9.29 Å². The second kappa shape index (κ2) is 7.81. The van der Waals surface area contributed by atoms with Gasteiger partial charge in [0, 0.05) is 11.1 Å². The van der Waals surface area contributed by atoms with Crippen LogP contribution in [0, 0.1) is 0 Å². The van der Waals surface area contributed by atoms with E-state index in [-0.39, 0.29) is 37.5 Å². The topological polar surface area (TPSA) is 89.1 Å². The number of Topliss-reactive ketones (excluding diaryl/α,β-unsaturated/α-hetero) is 2. The Morgan fingerprint density at radius 2 is 1.68 bits per heavy atom. The molecule has 31 heavy (non-hydrogen) atoms. The molecule has 0 fully saturated rings. The van der Waals surface area contributed by atoms with Gasteiger partial charge in [-0.05, 0) is 18.2 Å². The third kappa shape index (κ3) is 3.69. The van der Waals surface area contributed by atoms with Crippen molar-refractivity contribution in [3.8, 4) is 0 Å². The van der Waals surface area contributed by atoms with E-state index in [4.69, 9.17) is 23.2 Å². The van der Waals surface area contributed by atoms with Crippen LogP contribution in [0.1, 0.15) is 20.7 Å². The molecule has 1 aliphatic carbocycles. The zero-order valence-corrected chi connectivity index (χ0v) is 18.1. The molecule has 4 rings (SSSR count). The number of carbonyl (C=O) groups is 2. The Labute approximate surface area is 187 Å². The number of benzene rings is 2. The summed E-state index contributed by atoms with van der Waals surface area (Å²) in [5, 5.41) is 0.215. The fraction of sp³-hybridized carbons (Fsp3) is 0. The molecule has 1 aliphatic rings. The lowest BCUT2D eigenvalue weighted by atomic mass is 9.90. The molecule has 0 bridgehead atoms. The standard InChI is InChI=1S/C21H13Cl2N3O4S/c1-2-25-9-10-26(12-25)19-18(20(27)14-5-3-4-6-15(14)21(19)28)24-31(29,30)13-7-8-16(22)17(23)11-13/h2-12H,1H2/p+1. The van der Waals surface area contributed by atoms with E-state index in [1.807, 2.05) is 0 Å². The van der Waals surface area contributed by atoms with Crippen LogP contribution in [0.4, 0.5) is 0 Å². The SMILES string of the molecule is C=C[n+]1ccn(C2=C(NS(=O)(=O)c3ccc(Cl)c(Cl)c3)C(=O)c3ccccc3C2=O)c1. The van der Waals surface area contributed by atoms with Crippen LogP contribution in [-0.4, -0.2) is 24.6 Å². The highest BCUT2D eigenvalue weighted by molar-refractivity contribution is 7.89. The maximum Gasteiger partial charge on any atom is 0.262 e. The molecule has 3 aromatic rings. The number of hydrogen-bond acceptors (Lipinski definition) is 4. The lowest BCUT2D eigenvalue weighted by molar-refractivity contribution is -0.566. The first kappa shape index (κ1) is 21.0. The van der Waals surface area contributed by atoms with Crippen LogP contribution in [-0.2, 0) is 10.0 Å². The summed E-state index contributed by atoms with van der Waals surface area (Å²) < 4.78 is 31.2. The summed E-state index contributed by atoms with van der Waals surface area (Å²) in [5.41, 5.74) is -0.222. The molecule has 0 aliphatic heterocycles. The van der Waals surface area contributed by atoms with Gasteiger partial charge in [0.05, 0.1) is 21.1 Å². The lowest BCUT2D eigenvalue weighted by Gasteiger charge is -2.19. The molecular formula is C21H14Cl2N3O4S+. The van der Waals surface area contributed by atoms with E-state index >= 15 is 0 Å². The summed E-state index contributed by atoms with van der Waals surface area (Å²) in [6.07, 6.45) is 6.10. The summed E-state index contributed by atoms with van der Waals surface area (Å²) in [5.74, 6) is -1.14. The van der Waals surface area contributed by atoms with E-state index in [1.165, 1.54) is 47.6 Å². The molecule has 0 radical (unpaired) electrons. The minimum absolute atomic E-state index is 0.0348. The molecule has 156 valence electrons. The number of ketones is 2. The Kier molecular flexibility index (Phi) is 5.30. The Morgan fingerprint density at radius 3 is 2.29 bits per heavy atom. The van der Waals surface area contributed by atoms with E-state index in [9.17, 15) is 18.0 Å². The zero-order valence-electron chi connectivity index (χ0n) is 15.7. The van der Waals surface area contributed by atoms with Gasteiger partial charge >= 0.3 is 0 Å². The number of rotatable bonds is 5. The molecule has 0 saturated carbocycles. The quantitative estimate of drug-likeness (QED) is 0.573. The summed E-state index contributed by atoms with van der Waals surface area (Å²) >= 11 is 11.8. The average Bonchev–Trinajstić information content (AvgIpc) is 3.22. The molecule has 1 heterocycles. The molecular weight excluding hydrogens is 461 g/mol. The van der Waals surface area contributed by atoms with Gasteiger partial charge in [0.2, 0.25) is 17.3 Å². The van der Waals surface area contributed by atoms with Crippen LogP contribution in [0.2, 0.25) is 10.0 Å². The molecule has 2 aromatic carbocycles. The summed E-state index contributed by atoms with van der Waals surface area (Å²) in [6, 6.07) is 9.96. The maximum atomic E-state index is 13.3. The lowest BCUT2D eigenvalue weighted by Crippen LogP contribution is -2.35. The summed E-state index contributed by atoms with van der Waals surface area (Å²) in [4.78, 5) is 26.3. The highest BCUT2D eigenvalue weighted by Crippen LogP contribution is 2.30. The van der Waals surface area contributed by atoms with Crippen molar-refractivity contribution in [1.29, 1.82) is 0 Å². The van der Waals surface area contributed by atoms with Gasteiger partial charge in [0.25, 0.3) is 16.4 Å². The number of allylic oxidation sites excluding steroid dienone is 2. The van der Waals surface area contributed by atoms with Crippen molar-refractivity contribution in [2.45, 2.75) is 4.90 Å². The Hall–Kier alpha value is -3.20. The number of fused-ring (bicyclic) bond motifs is 1. The predicted octanol–water partition coefficient (Wildman–Crippen LogP) is 3.41. The molecule has 0 unspecified atom stereocenters. The number of aromatic nitrogens is 2. The second-order valence-electron chi connectivity index (χ2n) is 6.56. The van der Waals surface area contributed by atoms with Gasteiger partial charge in [0.1, 0.15) is 18.1 Å². The molecule has 0 amide bonds. The van der Waals surface area contributed by atoms with Crippen LogP contribution >= 0.6 is 23.2 Å². The number of halogens is 2. The van der Waals surface area contributed by atoms with Crippen LogP contribution in [0.15, 0.2) is 78.4 Å². The van der Waals surface area contributed by atoms with Crippen molar-refractivity contribution in [3.63, 3.8) is 0 Å². The van der Waals surface area contributed by atoms with Crippen molar-refractivity contribution in [2.24, 2.45) is 0 Å². The Morgan fingerprint density at radius 1 is 1.00 bits per heavy atom. The molecule has 0 saturated heterocycles. The first-order chi connectivity index (χ1) is 14.7. The Balaban J connectivity index is 1.90. The average molecular weight is 475 g/mol. The van der Waals surface area contributed by atoms with Crippen molar-refractivity contribution >= 4 is 56.7 Å². The fourth-order valence-corrected chi connectivity index (χ4v) is 4.61. The monoisotopic (exact) mass is 474 g/mol. The van der Waals surface area contributed by atoms with Gasteiger partial charge in [-0.3, -0.25) is 14.3 Å². The third-order valence-electron chi connectivity index (χ3n) is 4.66. The molecule has 7 nitrogen and oxygen atoms in total. The highest BCUT2D eigenvalue weighted by Gasteiger charge is 2.38. The van der Waals surface area contributed by atoms with Gasteiger partial charge in [-0.2, -0.15) is 4.57 Å². The molecule has 0 atom stereocenters. The van der Waals surface area contributed by atoms with Crippen LogP contribution in [0.5, 0.6) is 0 Å². The predicted molar refractivity (Wildman–Crippen MR) is 116 cm³/mol. The van der Waals surface area contributed by atoms with E-state index in [0.29, 0.717) is 0 Å². The number of sulfonamides is 1. The van der Waals surface area contributed by atoms with Crippen LogP contribution in [0.25, 0.3) is 11.9 Å². The van der Waals surface area contributed by atoms with Gasteiger partial charge in [-0.1, -0.05) is 54.0 Å². The first-order valence-corrected chi connectivity index (χ1v) is 11.1. The largest absolute Gasteiger partial charge is 0.287 e. The second-order valence-corrected chi connectivity index (χ2v) is 9.06. The molecule has 1 aromatic heterocycles. The normalized spacial score (nSPS) is 13.9. The van der Waals surface area contributed by atoms with Crippen LogP contribution in [0.3, 0.4) is 0 Å². The minimum atomic E-state index is -4.26. The van der Waals surface area contributed by atoms with E-state index in [0.717, 1.165) is 6.07 Å². The number of carbonyl (C=O) groups excluding carboxylic acids is 2. The van der Waals surface area contributed by atoms with Gasteiger partial charge in [0.15, 0.2) is 0 Å². The van der Waals surface area contributed by atoms with Crippen molar-refractivity contribution in [3.05, 3.63) is 94.6 Å². The third-order valence-corrected chi connectivity index (χ3v) is 6.75. The number of nitrogens with one attached hydrogen (secondary N) is 1. The van der Waals surface area contributed by atoms with Crippen molar-refractivity contribution in [2.75, 3.05) is 0 Å². The van der Waals surface area contributed by atoms with Gasteiger partial charge in [-0.15, -0.1) is 0 Å². The van der Waals surface area contributed by atoms with Gasteiger partial charge < -0.3 is 0 Å². The van der Waals surface area contributed by atoms with Crippen molar-refractivity contribution in [1.82, 2.24) is 9.29 Å². The summed E-state index contributed by atoms with van der Waals surface area (Å²) in [6.45, 7) is 3.64. The molecule has 0 spiro atoms. The maximum absolute atomic E-state index is 13.3. The molecule has 1 N–H and O–H groups in total. The number of nitrogens with zero attached hydrogens (tertiary/aromatic N) is 2. The Bertz CT molecular complexity index is 1410. The first-order valence-electron chi connectivity index (χ1n) is 8.85. The number of imidazole rings is 1. The molecule has 10 heteroatoms. The summed E-state index contributed by atoms with van der Waals surface area (Å²) in [7, 11) is -4.26. The minimum Gasteiger partial charge on any atom is -0.287 e. The van der Waals surface area contributed by atoms with Gasteiger partial charge in [-0.25, -0.2) is 13.0 Å². The van der Waals surface area contributed by atoms with E-state index in [1.54, 1.807) is 22.9 Å². The fourth-order valence-electron chi connectivity index (χ4n) is 3.15. The smallest absolute Gasteiger partial charge is 0.262 e. The van der Waals surface area contributed by atoms with E-state index < -0.39 is 21.6 Å². The number of hydrogen-bond donors (Lipinski definition) is 1. The van der Waals surface area contributed by atoms with E-state index in [2.05, 4.69) is 11.3 Å². The van der Waals surface area contributed by atoms with Crippen molar-refractivity contribution < 1.29 is 22.6 Å². The zero-order chi connectivity index (χ0) is 22.3.